The van der Waals surface area contributed by atoms with Crippen LogP contribution in [0.2, 0.25) is 0 Å². The van der Waals surface area contributed by atoms with Gasteiger partial charge in [-0.3, -0.25) is 9.13 Å². The zero-order valence-corrected chi connectivity index (χ0v) is 14.3. The number of aliphatic hydroxyl groups excluding tert-OH is 2. The number of rotatable bonds is 4. The van der Waals surface area contributed by atoms with Crippen molar-refractivity contribution in [3.63, 3.8) is 0 Å². The van der Waals surface area contributed by atoms with E-state index < -0.39 is 60.5 Å². The molecule has 0 radical (unpaired) electrons. The molecule has 25 heavy (non-hydrogen) atoms. The fourth-order valence-electron chi connectivity index (χ4n) is 2.14. The van der Waals surface area contributed by atoms with E-state index in [1.807, 2.05) is 0 Å². The Morgan fingerprint density at radius 3 is 2.52 bits per heavy atom. The van der Waals surface area contributed by atoms with Crippen molar-refractivity contribution in [2.24, 2.45) is 0 Å². The number of aromatic nitrogens is 2. The molecule has 9 nitrogen and oxygen atoms in total. The van der Waals surface area contributed by atoms with Gasteiger partial charge < -0.3 is 25.2 Å². The van der Waals surface area contributed by atoms with Crippen LogP contribution in [0.1, 0.15) is 11.8 Å². The van der Waals surface area contributed by atoms with Crippen LogP contribution in [-0.4, -0.2) is 44.7 Å². The average molecular weight is 428 g/mol. The number of nitrogens with two attached hydrogens (primary N) is 1. The maximum atomic E-state index is 12.9. The first-order chi connectivity index (χ1) is 11.3. The highest BCUT2D eigenvalue weighted by Gasteiger charge is 2.46. The number of ether oxygens (including phenoxy) is 1. The lowest BCUT2D eigenvalue weighted by Crippen LogP contribution is -2.37. The number of nitrogens with zero attached hydrogens (tertiary/aromatic N) is 2. The molecule has 1 aliphatic rings. The second kappa shape index (κ2) is 7.03. The highest BCUT2D eigenvalue weighted by molar-refractivity contribution is 8.05. The Bertz CT molecular complexity index is 756. The molecule has 0 saturated carbocycles. The lowest BCUT2D eigenvalue weighted by molar-refractivity contribution is -0.138. The average Bonchev–Trinajstić information content (AvgIpc) is 2.71. The molecule has 1 saturated heterocycles. The van der Waals surface area contributed by atoms with Crippen LogP contribution >= 0.6 is 28.6 Å². The fourth-order valence-corrected chi connectivity index (χ4v) is 2.80. The summed E-state index contributed by atoms with van der Waals surface area (Å²) in [5.41, 5.74) is 2.41. The van der Waals surface area contributed by atoms with Crippen molar-refractivity contribution in [3.8, 4) is 0 Å². The molecule has 0 amide bonds. The molecule has 1 aromatic rings. The molecular formula is C10H11Cl2F3N3O6P. The van der Waals surface area contributed by atoms with Gasteiger partial charge in [0.15, 0.2) is 6.23 Å². The van der Waals surface area contributed by atoms with Crippen molar-refractivity contribution in [2.75, 3.05) is 12.3 Å². The number of aliphatic hydroxyl groups is 2. The summed E-state index contributed by atoms with van der Waals surface area (Å²) in [5.74, 6) is -1.05. The maximum absolute atomic E-state index is 12.9. The first-order valence-corrected chi connectivity index (χ1v) is 9.86. The Balaban J connectivity index is 2.33. The first-order valence-electron chi connectivity index (χ1n) is 6.42. The standard InChI is InChI=1S/C10H11Cl2F3N3O6P/c11-25(12,22)23-2-4-5(19)6(20)8(24-4)18-1-3(10(13,14)15)7(16)17-9(18)21/h1,4-6,8,19-20H,2H2,(H2,16,17,21)/t4-,5+,6+,8-/m1/s1. The Morgan fingerprint density at radius 1 is 1.40 bits per heavy atom. The summed E-state index contributed by atoms with van der Waals surface area (Å²) >= 11 is 10.3. The minimum Gasteiger partial charge on any atom is -0.387 e. The third kappa shape index (κ3) is 4.64. The third-order valence-electron chi connectivity index (χ3n) is 3.29. The van der Waals surface area contributed by atoms with Crippen LogP contribution in [-0.2, 0) is 20.0 Å². The number of nitrogen functional groups attached to an aromatic ring is 1. The normalized spacial score (nSPS) is 27.6. The molecule has 0 bridgehead atoms. The number of hydrogen-bond acceptors (Lipinski definition) is 8. The molecule has 2 rings (SSSR count). The smallest absolute Gasteiger partial charge is 0.387 e. The van der Waals surface area contributed by atoms with E-state index in [4.69, 9.17) is 33.0 Å². The van der Waals surface area contributed by atoms with Crippen LogP contribution in [0.15, 0.2) is 11.0 Å². The van der Waals surface area contributed by atoms with Crippen LogP contribution in [0.3, 0.4) is 0 Å². The summed E-state index contributed by atoms with van der Waals surface area (Å²) in [5, 5.41) is 19.8. The SMILES string of the molecule is Nc1nc(=O)n([C@@H]2O[C@H](COP(=O)(Cl)Cl)[C@H](O)[C@@H]2O)cc1C(F)(F)F. The molecule has 1 fully saturated rings. The van der Waals surface area contributed by atoms with Crippen molar-refractivity contribution in [1.82, 2.24) is 9.55 Å². The Morgan fingerprint density at radius 2 is 2.00 bits per heavy atom. The second-order valence-electron chi connectivity index (χ2n) is 4.98. The van der Waals surface area contributed by atoms with E-state index >= 15 is 0 Å². The van der Waals surface area contributed by atoms with Gasteiger partial charge in [-0.25, -0.2) is 4.79 Å². The zero-order valence-electron chi connectivity index (χ0n) is 11.9. The van der Waals surface area contributed by atoms with Gasteiger partial charge in [0.1, 0.15) is 29.7 Å². The Kier molecular flexibility index (Phi) is 5.74. The van der Waals surface area contributed by atoms with Gasteiger partial charge in [0, 0.05) is 6.20 Å². The molecular weight excluding hydrogens is 417 g/mol. The molecule has 0 aromatic carbocycles. The van der Waals surface area contributed by atoms with E-state index in [1.165, 1.54) is 0 Å². The van der Waals surface area contributed by atoms with Gasteiger partial charge in [-0.05, 0) is 22.5 Å². The predicted molar refractivity (Wildman–Crippen MR) is 79.1 cm³/mol. The molecule has 4 N–H and O–H groups in total. The molecule has 1 aliphatic heterocycles. The largest absolute Gasteiger partial charge is 0.421 e. The van der Waals surface area contributed by atoms with E-state index in [1.54, 1.807) is 0 Å². The van der Waals surface area contributed by atoms with Crippen LogP contribution in [0, 0.1) is 0 Å². The number of halogens is 5. The van der Waals surface area contributed by atoms with Crippen molar-refractivity contribution >= 4 is 34.4 Å². The molecule has 15 heteroatoms. The third-order valence-corrected chi connectivity index (χ3v) is 4.32. The molecule has 2 heterocycles. The molecule has 0 spiro atoms. The first kappa shape index (κ1) is 20.4. The molecule has 1 aromatic heterocycles. The minimum absolute atomic E-state index is 0.308. The molecule has 0 aliphatic carbocycles. The van der Waals surface area contributed by atoms with Gasteiger partial charge >= 0.3 is 17.9 Å². The predicted octanol–water partition coefficient (Wildman–Crippen LogP) is 1.07. The molecule has 4 atom stereocenters. The quantitative estimate of drug-likeness (QED) is 0.606. The van der Waals surface area contributed by atoms with Gasteiger partial charge in [0.25, 0.3) is 0 Å². The van der Waals surface area contributed by atoms with Crippen molar-refractivity contribution in [2.45, 2.75) is 30.7 Å². The van der Waals surface area contributed by atoms with E-state index in [-0.39, 0.29) is 0 Å². The van der Waals surface area contributed by atoms with Gasteiger partial charge in [-0.15, -0.1) is 0 Å². The lowest BCUT2D eigenvalue weighted by atomic mass is 10.1. The van der Waals surface area contributed by atoms with Gasteiger partial charge in [-0.2, -0.15) is 18.2 Å². The molecule has 0 unspecified atom stereocenters. The number of hydrogen-bond donors (Lipinski definition) is 3. The number of alkyl halides is 3. The van der Waals surface area contributed by atoms with Gasteiger partial charge in [0.2, 0.25) is 0 Å². The Labute approximate surface area is 147 Å². The minimum atomic E-state index is -4.92. The Hall–Kier alpha value is -0.880. The summed E-state index contributed by atoms with van der Waals surface area (Å²) in [6.07, 6.45) is -15.2. The van der Waals surface area contributed by atoms with Gasteiger partial charge in [0.05, 0.1) is 6.61 Å². The highest BCUT2D eigenvalue weighted by atomic mass is 35.9. The summed E-state index contributed by atoms with van der Waals surface area (Å²) in [6.45, 7) is -0.651. The lowest BCUT2D eigenvalue weighted by Gasteiger charge is -2.19. The van der Waals surface area contributed by atoms with Crippen molar-refractivity contribution in [3.05, 3.63) is 22.2 Å². The van der Waals surface area contributed by atoms with Crippen molar-refractivity contribution in [1.29, 1.82) is 0 Å². The topological polar surface area (TPSA) is 137 Å². The summed E-state index contributed by atoms with van der Waals surface area (Å²) < 4.78 is 59.7. The van der Waals surface area contributed by atoms with Gasteiger partial charge in [-0.1, -0.05) is 0 Å². The summed E-state index contributed by atoms with van der Waals surface area (Å²) in [4.78, 5) is 14.8. The second-order valence-corrected chi connectivity index (χ2v) is 9.26. The van der Waals surface area contributed by atoms with Crippen LogP contribution in [0.4, 0.5) is 19.0 Å². The summed E-state index contributed by atoms with van der Waals surface area (Å²) in [6, 6.07) is 0. The zero-order chi connectivity index (χ0) is 19.2. The van der Waals surface area contributed by atoms with Crippen molar-refractivity contribution < 1.29 is 37.2 Å². The maximum Gasteiger partial charge on any atom is 0.421 e. The number of anilines is 1. The summed E-state index contributed by atoms with van der Waals surface area (Å²) in [7, 11) is 0. The molecule has 142 valence electrons. The van der Waals surface area contributed by atoms with E-state index in [0.717, 1.165) is 0 Å². The van der Waals surface area contributed by atoms with Crippen LogP contribution < -0.4 is 11.4 Å². The van der Waals surface area contributed by atoms with Crippen LogP contribution in [0.5, 0.6) is 0 Å². The van der Waals surface area contributed by atoms with E-state index in [2.05, 4.69) is 9.51 Å². The van der Waals surface area contributed by atoms with E-state index in [9.17, 15) is 32.7 Å². The monoisotopic (exact) mass is 427 g/mol. The van der Waals surface area contributed by atoms with Crippen LogP contribution in [0.25, 0.3) is 0 Å². The fraction of sp³-hybridized carbons (Fsp3) is 0.600. The highest BCUT2D eigenvalue weighted by Crippen LogP contribution is 2.57. The van der Waals surface area contributed by atoms with E-state index in [0.29, 0.717) is 10.8 Å².